The maximum Gasteiger partial charge on any atom is 0.323 e. The Morgan fingerprint density at radius 2 is 2.05 bits per heavy atom. The number of rotatable bonds is 6. The molecule has 0 aliphatic heterocycles. The molecule has 0 aliphatic rings. The van der Waals surface area contributed by atoms with Crippen LogP contribution in [-0.4, -0.2) is 21.6 Å². The van der Waals surface area contributed by atoms with Crippen molar-refractivity contribution in [2.75, 3.05) is 0 Å². The highest BCUT2D eigenvalue weighted by Crippen LogP contribution is 2.24. The first-order valence-corrected chi connectivity index (χ1v) is 7.50. The Hall–Kier alpha value is -0.940. The zero-order valence-corrected chi connectivity index (χ0v) is 13.2. The number of carboxylic acid groups (broad SMARTS) is 1. The van der Waals surface area contributed by atoms with Crippen molar-refractivity contribution in [2.24, 2.45) is 0 Å². The molecular formula is C14H24N2O2S. The Labute approximate surface area is 119 Å². The number of carbonyl (C=O) groups is 1. The Bertz CT molecular complexity index is 437. The molecular weight excluding hydrogens is 260 g/mol. The summed E-state index contributed by atoms with van der Waals surface area (Å²) in [5.74, 6) is -0.804. The SMILES string of the molecule is CCCC(C)(NCc1nc(C(C)(C)C)cs1)C(=O)O. The highest BCUT2D eigenvalue weighted by molar-refractivity contribution is 7.09. The lowest BCUT2D eigenvalue weighted by molar-refractivity contribution is -0.144. The molecule has 0 saturated carbocycles. The molecule has 0 fully saturated rings. The van der Waals surface area contributed by atoms with Gasteiger partial charge in [0.1, 0.15) is 10.5 Å². The molecule has 0 bridgehead atoms. The second-order valence-electron chi connectivity index (χ2n) is 6.12. The van der Waals surface area contributed by atoms with Crippen molar-refractivity contribution in [1.29, 1.82) is 0 Å². The van der Waals surface area contributed by atoms with Crippen LogP contribution in [-0.2, 0) is 16.8 Å². The van der Waals surface area contributed by atoms with Crippen LogP contribution in [0.1, 0.15) is 58.2 Å². The summed E-state index contributed by atoms with van der Waals surface area (Å²) in [5, 5.41) is 15.4. The van der Waals surface area contributed by atoms with E-state index in [0.29, 0.717) is 13.0 Å². The van der Waals surface area contributed by atoms with E-state index in [1.54, 1.807) is 18.3 Å². The fraction of sp³-hybridized carbons (Fsp3) is 0.714. The molecule has 0 amide bonds. The molecule has 5 heteroatoms. The molecule has 1 heterocycles. The van der Waals surface area contributed by atoms with Gasteiger partial charge in [-0.05, 0) is 13.3 Å². The molecule has 2 N–H and O–H groups in total. The highest BCUT2D eigenvalue weighted by Gasteiger charge is 2.31. The van der Waals surface area contributed by atoms with Gasteiger partial charge in [-0.1, -0.05) is 34.1 Å². The average Bonchev–Trinajstić information content (AvgIpc) is 2.75. The minimum Gasteiger partial charge on any atom is -0.480 e. The molecule has 4 nitrogen and oxygen atoms in total. The standard InChI is InChI=1S/C14H24N2O2S/c1-6-7-14(5,12(17)18)15-8-11-16-10(9-19-11)13(2,3)4/h9,15H,6-8H2,1-5H3,(H,17,18). The molecule has 1 aromatic heterocycles. The minimum atomic E-state index is -0.873. The van der Waals surface area contributed by atoms with E-state index < -0.39 is 11.5 Å². The maximum atomic E-state index is 11.3. The quantitative estimate of drug-likeness (QED) is 0.842. The first kappa shape index (κ1) is 16.1. The Kier molecular flexibility index (Phi) is 5.10. The van der Waals surface area contributed by atoms with E-state index in [0.717, 1.165) is 17.1 Å². The van der Waals surface area contributed by atoms with Gasteiger partial charge in [0.15, 0.2) is 0 Å². The molecule has 1 rings (SSSR count). The lowest BCUT2D eigenvalue weighted by Gasteiger charge is -2.25. The fourth-order valence-corrected chi connectivity index (χ4v) is 2.74. The summed E-state index contributed by atoms with van der Waals surface area (Å²) >= 11 is 1.58. The van der Waals surface area contributed by atoms with Crippen LogP contribution >= 0.6 is 11.3 Å². The van der Waals surface area contributed by atoms with Crippen molar-refractivity contribution in [3.63, 3.8) is 0 Å². The highest BCUT2D eigenvalue weighted by atomic mass is 32.1. The number of nitrogens with zero attached hydrogens (tertiary/aromatic N) is 1. The van der Waals surface area contributed by atoms with Gasteiger partial charge in [-0.3, -0.25) is 10.1 Å². The molecule has 0 aromatic carbocycles. The molecule has 19 heavy (non-hydrogen) atoms. The summed E-state index contributed by atoms with van der Waals surface area (Å²) in [7, 11) is 0. The van der Waals surface area contributed by atoms with Gasteiger partial charge >= 0.3 is 5.97 Å². The van der Waals surface area contributed by atoms with E-state index in [2.05, 4.69) is 36.5 Å². The van der Waals surface area contributed by atoms with E-state index in [9.17, 15) is 9.90 Å². The minimum absolute atomic E-state index is 0.0360. The fourth-order valence-electron chi connectivity index (χ4n) is 1.78. The van der Waals surface area contributed by atoms with Gasteiger partial charge in [-0.2, -0.15) is 0 Å². The average molecular weight is 284 g/mol. The largest absolute Gasteiger partial charge is 0.480 e. The predicted octanol–water partition coefficient (Wildman–Crippen LogP) is 3.17. The van der Waals surface area contributed by atoms with E-state index in [1.165, 1.54) is 0 Å². The van der Waals surface area contributed by atoms with Gasteiger partial charge in [0.05, 0.1) is 5.69 Å². The Morgan fingerprint density at radius 1 is 1.42 bits per heavy atom. The third-order valence-corrected chi connectivity index (χ3v) is 4.02. The summed E-state index contributed by atoms with van der Waals surface area (Å²) in [6.07, 6.45) is 1.45. The van der Waals surface area contributed by atoms with Crippen LogP contribution in [0.25, 0.3) is 0 Å². The van der Waals surface area contributed by atoms with E-state index in [4.69, 9.17) is 0 Å². The van der Waals surface area contributed by atoms with Gasteiger partial charge in [-0.15, -0.1) is 11.3 Å². The van der Waals surface area contributed by atoms with E-state index in [-0.39, 0.29) is 5.41 Å². The number of carboxylic acids is 1. The normalized spacial score (nSPS) is 15.2. The molecule has 0 saturated heterocycles. The molecule has 108 valence electrons. The van der Waals surface area contributed by atoms with Crippen LogP contribution in [0, 0.1) is 0 Å². The lowest BCUT2D eigenvalue weighted by atomic mass is 9.93. The maximum absolute atomic E-state index is 11.3. The van der Waals surface area contributed by atoms with Gasteiger partial charge in [0.2, 0.25) is 0 Å². The molecule has 0 spiro atoms. The van der Waals surface area contributed by atoms with Crippen molar-refractivity contribution >= 4 is 17.3 Å². The number of nitrogens with one attached hydrogen (secondary N) is 1. The van der Waals surface area contributed by atoms with Gasteiger partial charge < -0.3 is 5.11 Å². The zero-order chi connectivity index (χ0) is 14.7. The zero-order valence-electron chi connectivity index (χ0n) is 12.4. The summed E-state index contributed by atoms with van der Waals surface area (Å²) in [6, 6.07) is 0. The van der Waals surface area contributed by atoms with Gasteiger partial charge in [0.25, 0.3) is 0 Å². The second kappa shape index (κ2) is 6.01. The molecule has 1 unspecified atom stereocenters. The van der Waals surface area contributed by atoms with Crippen molar-refractivity contribution < 1.29 is 9.90 Å². The van der Waals surface area contributed by atoms with Crippen molar-refractivity contribution in [3.05, 3.63) is 16.1 Å². The van der Waals surface area contributed by atoms with E-state index in [1.807, 2.05) is 6.92 Å². The molecule has 1 aromatic rings. The van der Waals surface area contributed by atoms with Crippen LogP contribution < -0.4 is 5.32 Å². The van der Waals surface area contributed by atoms with Crippen LogP contribution in [0.15, 0.2) is 5.38 Å². The van der Waals surface area contributed by atoms with Gasteiger partial charge in [-0.25, -0.2) is 4.98 Å². The molecule has 0 radical (unpaired) electrons. The number of aromatic nitrogens is 1. The van der Waals surface area contributed by atoms with Crippen LogP contribution in [0.4, 0.5) is 0 Å². The summed E-state index contributed by atoms with van der Waals surface area (Å²) in [5.41, 5.74) is 0.221. The molecule has 1 atom stereocenters. The molecule has 0 aliphatic carbocycles. The third-order valence-electron chi connectivity index (χ3n) is 3.17. The topological polar surface area (TPSA) is 62.2 Å². The van der Waals surface area contributed by atoms with Crippen LogP contribution in [0.2, 0.25) is 0 Å². The number of aliphatic carboxylic acids is 1. The second-order valence-corrected chi connectivity index (χ2v) is 7.06. The van der Waals surface area contributed by atoms with Crippen LogP contribution in [0.3, 0.4) is 0 Å². The monoisotopic (exact) mass is 284 g/mol. The summed E-state index contributed by atoms with van der Waals surface area (Å²) < 4.78 is 0. The smallest absolute Gasteiger partial charge is 0.323 e. The van der Waals surface area contributed by atoms with Gasteiger partial charge in [0, 0.05) is 17.3 Å². The van der Waals surface area contributed by atoms with E-state index >= 15 is 0 Å². The number of thiazole rings is 1. The third kappa shape index (κ3) is 4.28. The number of hydrogen-bond acceptors (Lipinski definition) is 4. The van der Waals surface area contributed by atoms with Crippen molar-refractivity contribution in [2.45, 2.75) is 65.0 Å². The Morgan fingerprint density at radius 3 is 2.47 bits per heavy atom. The number of hydrogen-bond donors (Lipinski definition) is 2. The van der Waals surface area contributed by atoms with Crippen molar-refractivity contribution in [1.82, 2.24) is 10.3 Å². The summed E-state index contributed by atoms with van der Waals surface area (Å²) in [6.45, 7) is 10.6. The van der Waals surface area contributed by atoms with Crippen molar-refractivity contribution in [3.8, 4) is 0 Å². The Balaban J connectivity index is 2.70. The van der Waals surface area contributed by atoms with Crippen LogP contribution in [0.5, 0.6) is 0 Å². The summed E-state index contributed by atoms with van der Waals surface area (Å²) in [4.78, 5) is 15.9. The first-order chi connectivity index (χ1) is 8.69. The lowest BCUT2D eigenvalue weighted by Crippen LogP contribution is -2.48. The first-order valence-electron chi connectivity index (χ1n) is 6.62. The predicted molar refractivity (Wildman–Crippen MR) is 78.6 cm³/mol.